The van der Waals surface area contributed by atoms with Crippen LogP contribution in [0.1, 0.15) is 11.1 Å². The third kappa shape index (κ3) is 6.39. The number of nitrogens with one attached hydrogen (secondary N) is 2. The van der Waals surface area contributed by atoms with Gasteiger partial charge in [-0.15, -0.1) is 0 Å². The van der Waals surface area contributed by atoms with Gasteiger partial charge in [0.1, 0.15) is 12.3 Å². The largest absolute Gasteiger partial charge is 0.484 e. The van der Waals surface area contributed by atoms with E-state index in [0.29, 0.717) is 22.7 Å². The third-order valence-corrected chi connectivity index (χ3v) is 7.03. The lowest BCUT2D eigenvalue weighted by Crippen LogP contribution is -2.36. The summed E-state index contributed by atoms with van der Waals surface area (Å²) in [6, 6.07) is 27.4. The number of hydrogen-bond donors (Lipinski definition) is 2. The van der Waals surface area contributed by atoms with Gasteiger partial charge in [-0.3, -0.25) is 24.1 Å². The first-order chi connectivity index (χ1) is 19.4. The van der Waals surface area contributed by atoms with E-state index in [-0.39, 0.29) is 24.0 Å². The lowest BCUT2D eigenvalue weighted by atomic mass is 10.1. The highest BCUT2D eigenvalue weighted by molar-refractivity contribution is 8.18. The molecule has 8 nitrogen and oxygen atoms in total. The van der Waals surface area contributed by atoms with E-state index in [4.69, 9.17) is 4.74 Å². The van der Waals surface area contributed by atoms with Crippen LogP contribution in [0, 0.1) is 6.92 Å². The van der Waals surface area contributed by atoms with E-state index in [1.54, 1.807) is 36.4 Å². The van der Waals surface area contributed by atoms with Crippen molar-refractivity contribution in [2.45, 2.75) is 6.92 Å². The summed E-state index contributed by atoms with van der Waals surface area (Å²) in [6.07, 6.45) is 1.58. The highest BCUT2D eigenvalue weighted by Crippen LogP contribution is 2.32. The van der Waals surface area contributed by atoms with Crippen molar-refractivity contribution in [3.8, 4) is 5.75 Å². The zero-order chi connectivity index (χ0) is 28.1. The highest BCUT2D eigenvalue weighted by atomic mass is 32.2. The molecule has 2 N–H and O–H groups in total. The van der Waals surface area contributed by atoms with Crippen LogP contribution < -0.4 is 15.4 Å². The summed E-state index contributed by atoms with van der Waals surface area (Å²) in [5.74, 6) is -0.801. The SMILES string of the molecule is Cc1ccc(NC(=O)COc2ccc(/C=C3/SC(=O)N(CC(=O)Nc4cccc5ccccc45)C3=O)cc2)cc1. The Labute approximate surface area is 235 Å². The highest BCUT2D eigenvalue weighted by Gasteiger charge is 2.36. The van der Waals surface area contributed by atoms with E-state index in [9.17, 15) is 19.2 Å². The van der Waals surface area contributed by atoms with Gasteiger partial charge in [-0.05, 0) is 66.0 Å². The van der Waals surface area contributed by atoms with Gasteiger partial charge in [0, 0.05) is 16.8 Å². The van der Waals surface area contributed by atoms with Gasteiger partial charge in [-0.1, -0.05) is 66.2 Å². The molecule has 4 aromatic rings. The van der Waals surface area contributed by atoms with E-state index in [1.165, 1.54) is 0 Å². The molecule has 40 heavy (non-hydrogen) atoms. The summed E-state index contributed by atoms with van der Waals surface area (Å²) < 4.78 is 5.55. The van der Waals surface area contributed by atoms with Crippen molar-refractivity contribution in [2.24, 2.45) is 0 Å². The van der Waals surface area contributed by atoms with Crippen molar-refractivity contribution in [1.82, 2.24) is 4.90 Å². The molecule has 1 saturated heterocycles. The molecule has 0 bridgehead atoms. The fourth-order valence-corrected chi connectivity index (χ4v) is 4.94. The zero-order valence-corrected chi connectivity index (χ0v) is 22.4. The van der Waals surface area contributed by atoms with Crippen molar-refractivity contribution in [2.75, 3.05) is 23.8 Å². The molecule has 1 fully saturated rings. The number of rotatable bonds is 8. The molecule has 0 radical (unpaired) electrons. The topological polar surface area (TPSA) is 105 Å². The van der Waals surface area contributed by atoms with Crippen molar-refractivity contribution >= 4 is 62.9 Å². The Morgan fingerprint density at radius 1 is 0.850 bits per heavy atom. The van der Waals surface area contributed by atoms with E-state index < -0.39 is 17.1 Å². The average molecular weight is 552 g/mol. The first-order valence-electron chi connectivity index (χ1n) is 12.5. The van der Waals surface area contributed by atoms with Crippen LogP contribution in [0.4, 0.5) is 16.2 Å². The summed E-state index contributed by atoms with van der Waals surface area (Å²) in [4.78, 5) is 51.4. The maximum Gasteiger partial charge on any atom is 0.294 e. The van der Waals surface area contributed by atoms with Gasteiger partial charge in [0.2, 0.25) is 5.91 Å². The lowest BCUT2D eigenvalue weighted by molar-refractivity contribution is -0.127. The normalized spacial score (nSPS) is 14.0. The third-order valence-electron chi connectivity index (χ3n) is 6.12. The minimum absolute atomic E-state index is 0.160. The standard InChI is InChI=1S/C31H25N3O5S/c1-20-9-13-23(14-10-20)32-29(36)19-39-24-15-11-21(12-16-24)17-27-30(37)34(31(38)40-27)18-28(35)33-26-8-4-6-22-5-2-3-7-25(22)26/h2-17H,18-19H2,1H3,(H,32,36)(H,33,35)/b27-17+. The number of anilines is 2. The van der Waals surface area contributed by atoms with Crippen molar-refractivity contribution in [1.29, 1.82) is 0 Å². The van der Waals surface area contributed by atoms with Gasteiger partial charge in [0.15, 0.2) is 6.61 Å². The Morgan fingerprint density at radius 3 is 2.35 bits per heavy atom. The maximum absolute atomic E-state index is 12.9. The van der Waals surface area contributed by atoms with Gasteiger partial charge in [0.05, 0.1) is 4.91 Å². The fourth-order valence-electron chi connectivity index (χ4n) is 4.10. The number of carbonyl (C=O) groups is 4. The Bertz CT molecular complexity index is 1630. The molecule has 0 atom stereocenters. The van der Waals surface area contributed by atoms with Crippen LogP contribution in [0.5, 0.6) is 5.75 Å². The monoisotopic (exact) mass is 551 g/mol. The summed E-state index contributed by atoms with van der Waals surface area (Å²) in [7, 11) is 0. The van der Waals surface area contributed by atoms with Gasteiger partial charge < -0.3 is 15.4 Å². The first-order valence-corrected chi connectivity index (χ1v) is 13.3. The van der Waals surface area contributed by atoms with Crippen molar-refractivity contribution in [3.63, 3.8) is 0 Å². The van der Waals surface area contributed by atoms with Crippen LogP contribution in [0.25, 0.3) is 16.8 Å². The summed E-state index contributed by atoms with van der Waals surface area (Å²) in [5.41, 5.74) is 3.07. The van der Waals surface area contributed by atoms with Crippen LogP contribution in [0.3, 0.4) is 0 Å². The van der Waals surface area contributed by atoms with Crippen molar-refractivity contribution in [3.05, 3.63) is 107 Å². The van der Waals surface area contributed by atoms with E-state index in [2.05, 4.69) is 10.6 Å². The number of ether oxygens (including phenoxy) is 1. The number of imide groups is 1. The molecule has 1 aliphatic heterocycles. The quantitative estimate of drug-likeness (QED) is 0.267. The molecule has 1 aliphatic rings. The van der Waals surface area contributed by atoms with Crippen LogP contribution in [-0.2, 0) is 14.4 Å². The molecule has 0 aromatic heterocycles. The number of fused-ring (bicyclic) bond motifs is 1. The Balaban J connectivity index is 1.16. The van der Waals surface area contributed by atoms with Crippen LogP contribution >= 0.6 is 11.8 Å². The minimum Gasteiger partial charge on any atom is -0.484 e. The molecule has 4 amide bonds. The van der Waals surface area contributed by atoms with Crippen LogP contribution in [0.2, 0.25) is 0 Å². The lowest BCUT2D eigenvalue weighted by Gasteiger charge is -2.13. The van der Waals surface area contributed by atoms with Crippen LogP contribution in [0.15, 0.2) is 95.9 Å². The molecule has 200 valence electrons. The minimum atomic E-state index is -0.531. The van der Waals surface area contributed by atoms with Crippen LogP contribution in [-0.4, -0.2) is 41.0 Å². The van der Waals surface area contributed by atoms with Gasteiger partial charge >= 0.3 is 0 Å². The molecule has 0 aliphatic carbocycles. The Hall–Kier alpha value is -4.89. The average Bonchev–Trinajstić information content (AvgIpc) is 3.21. The summed E-state index contributed by atoms with van der Waals surface area (Å²) >= 11 is 0.782. The molecule has 4 aromatic carbocycles. The number of amides is 4. The number of hydrogen-bond acceptors (Lipinski definition) is 6. The number of carbonyl (C=O) groups excluding carboxylic acids is 4. The Kier molecular flexibility index (Phi) is 7.93. The van der Waals surface area contributed by atoms with E-state index in [0.717, 1.165) is 33.0 Å². The smallest absolute Gasteiger partial charge is 0.294 e. The molecule has 0 unspecified atom stereocenters. The molecule has 0 saturated carbocycles. The predicted octanol–water partition coefficient (Wildman–Crippen LogP) is 5.84. The number of nitrogens with zero attached hydrogens (tertiary/aromatic N) is 1. The zero-order valence-electron chi connectivity index (χ0n) is 21.5. The number of benzene rings is 4. The number of aryl methyl sites for hydroxylation is 1. The fraction of sp³-hybridized carbons (Fsp3) is 0.0968. The molecular weight excluding hydrogens is 526 g/mol. The van der Waals surface area contributed by atoms with Gasteiger partial charge in [-0.2, -0.15) is 0 Å². The molecule has 9 heteroatoms. The second-order valence-electron chi connectivity index (χ2n) is 9.11. The van der Waals surface area contributed by atoms with Crippen molar-refractivity contribution < 1.29 is 23.9 Å². The molecule has 5 rings (SSSR count). The maximum atomic E-state index is 12.9. The predicted molar refractivity (Wildman–Crippen MR) is 157 cm³/mol. The molecule has 0 spiro atoms. The second-order valence-corrected chi connectivity index (χ2v) is 10.1. The van der Waals surface area contributed by atoms with E-state index >= 15 is 0 Å². The molecular formula is C31H25N3O5S. The van der Waals surface area contributed by atoms with Gasteiger partial charge in [-0.25, -0.2) is 0 Å². The summed E-state index contributed by atoms with van der Waals surface area (Å²) in [6.45, 7) is 1.42. The summed E-state index contributed by atoms with van der Waals surface area (Å²) in [5, 5.41) is 6.90. The second kappa shape index (κ2) is 11.9. The number of thioether (sulfide) groups is 1. The van der Waals surface area contributed by atoms with E-state index in [1.807, 2.05) is 67.6 Å². The molecule has 1 heterocycles. The Morgan fingerprint density at radius 2 is 1.57 bits per heavy atom. The first kappa shape index (κ1) is 26.7. The van der Waals surface area contributed by atoms with Gasteiger partial charge in [0.25, 0.3) is 17.1 Å².